The number of aromatic nitrogens is 4. The third kappa shape index (κ3) is 4.18. The number of aryl methyl sites for hydroxylation is 1. The highest BCUT2D eigenvalue weighted by atomic mass is 16.5. The first-order chi connectivity index (χ1) is 14.5. The summed E-state index contributed by atoms with van der Waals surface area (Å²) < 4.78 is 14.7. The van der Waals surface area contributed by atoms with Crippen molar-refractivity contribution < 1.29 is 19.1 Å². The molecule has 0 radical (unpaired) electrons. The van der Waals surface area contributed by atoms with Crippen molar-refractivity contribution in [3.63, 3.8) is 0 Å². The maximum Gasteiger partial charge on any atom is 0.338 e. The van der Waals surface area contributed by atoms with Gasteiger partial charge in [-0.15, -0.1) is 0 Å². The molecule has 0 bridgehead atoms. The average molecular weight is 408 g/mol. The fraction of sp³-hybridized carbons (Fsp3) is 0.364. The molecule has 30 heavy (non-hydrogen) atoms. The van der Waals surface area contributed by atoms with Gasteiger partial charge in [0.2, 0.25) is 5.78 Å². The van der Waals surface area contributed by atoms with Crippen molar-refractivity contribution in [1.29, 1.82) is 0 Å². The molecule has 4 rings (SSSR count). The van der Waals surface area contributed by atoms with Crippen LogP contribution in [-0.2, 0) is 16.0 Å². The lowest BCUT2D eigenvalue weighted by atomic mass is 10.1. The van der Waals surface area contributed by atoms with Crippen molar-refractivity contribution >= 4 is 11.8 Å². The Bertz CT molecular complexity index is 1030. The fourth-order valence-electron chi connectivity index (χ4n) is 3.74. The van der Waals surface area contributed by atoms with Gasteiger partial charge in [0.05, 0.1) is 17.4 Å². The molecule has 0 unspecified atom stereocenters. The lowest BCUT2D eigenvalue weighted by Crippen LogP contribution is -2.18. The minimum atomic E-state index is -0.540. The highest BCUT2D eigenvalue weighted by Crippen LogP contribution is 2.21. The summed E-state index contributed by atoms with van der Waals surface area (Å²) in [7, 11) is 0. The highest BCUT2D eigenvalue weighted by Gasteiger charge is 2.22. The summed E-state index contributed by atoms with van der Waals surface area (Å²) in [6, 6.07) is 8.61. The van der Waals surface area contributed by atoms with Crippen molar-refractivity contribution in [3.8, 4) is 5.69 Å². The molecular formula is C22H24N4O4. The molecule has 0 spiro atoms. The number of carbonyl (C=O) groups excluding carboxylic acids is 2. The minimum absolute atomic E-state index is 0.191. The Kier molecular flexibility index (Phi) is 5.76. The molecule has 0 saturated carbocycles. The zero-order chi connectivity index (χ0) is 21.1. The summed E-state index contributed by atoms with van der Waals surface area (Å²) in [5, 5.41) is 4.04. The topological polar surface area (TPSA) is 88.2 Å². The molecule has 1 aromatic carbocycles. The lowest BCUT2D eigenvalue weighted by Gasteiger charge is -2.14. The van der Waals surface area contributed by atoms with E-state index in [1.54, 1.807) is 35.3 Å². The third-order valence-corrected chi connectivity index (χ3v) is 5.40. The van der Waals surface area contributed by atoms with Crippen molar-refractivity contribution in [2.75, 3.05) is 13.2 Å². The number of benzene rings is 1. The van der Waals surface area contributed by atoms with Crippen molar-refractivity contribution in [3.05, 3.63) is 65.5 Å². The van der Waals surface area contributed by atoms with E-state index in [1.165, 1.54) is 6.33 Å². The van der Waals surface area contributed by atoms with Crippen LogP contribution >= 0.6 is 0 Å². The number of hydrogen-bond acceptors (Lipinski definition) is 6. The largest absolute Gasteiger partial charge is 0.454 e. The van der Waals surface area contributed by atoms with Crippen LogP contribution in [0.5, 0.6) is 0 Å². The quantitative estimate of drug-likeness (QED) is 0.441. The predicted octanol–water partition coefficient (Wildman–Crippen LogP) is 2.90. The van der Waals surface area contributed by atoms with Gasteiger partial charge in [-0.1, -0.05) is 0 Å². The van der Waals surface area contributed by atoms with Gasteiger partial charge in [0.15, 0.2) is 6.61 Å². The Hall–Kier alpha value is -3.26. The normalized spacial score (nSPS) is 16.0. The van der Waals surface area contributed by atoms with E-state index in [0.29, 0.717) is 11.1 Å². The fourth-order valence-corrected chi connectivity index (χ4v) is 3.74. The maximum absolute atomic E-state index is 12.7. The molecule has 3 aromatic rings. The SMILES string of the molecule is Cc1cc(C(=O)COC(=O)c2ccc(-n3cncn3)cc2)c(C)n1C[C@H]1CCCO1. The number of rotatable bonds is 7. The van der Waals surface area contributed by atoms with Crippen molar-refractivity contribution in [2.45, 2.75) is 39.3 Å². The van der Waals surface area contributed by atoms with Gasteiger partial charge in [0.25, 0.3) is 0 Å². The molecule has 1 aliphatic rings. The van der Waals surface area contributed by atoms with Crippen LogP contribution in [-0.4, -0.2) is 50.4 Å². The van der Waals surface area contributed by atoms with Crippen LogP contribution in [0.25, 0.3) is 5.69 Å². The van der Waals surface area contributed by atoms with E-state index in [0.717, 1.165) is 43.1 Å². The second-order valence-corrected chi connectivity index (χ2v) is 7.42. The minimum Gasteiger partial charge on any atom is -0.454 e. The molecule has 1 fully saturated rings. The van der Waals surface area contributed by atoms with E-state index in [1.807, 2.05) is 19.9 Å². The summed E-state index contributed by atoms with van der Waals surface area (Å²) in [4.78, 5) is 28.9. The van der Waals surface area contributed by atoms with Crippen LogP contribution in [0.1, 0.15) is 44.9 Å². The Morgan fingerprint density at radius 3 is 2.70 bits per heavy atom. The van der Waals surface area contributed by atoms with Crippen LogP contribution in [0.15, 0.2) is 43.0 Å². The Morgan fingerprint density at radius 1 is 1.23 bits per heavy atom. The number of esters is 1. The van der Waals surface area contributed by atoms with Gasteiger partial charge in [-0.05, 0) is 57.0 Å². The van der Waals surface area contributed by atoms with Gasteiger partial charge < -0.3 is 14.0 Å². The molecule has 0 N–H and O–H groups in total. The summed E-state index contributed by atoms with van der Waals surface area (Å²) in [5.74, 6) is -0.754. The molecule has 0 amide bonds. The van der Waals surface area contributed by atoms with E-state index >= 15 is 0 Å². The van der Waals surface area contributed by atoms with Crippen molar-refractivity contribution in [2.24, 2.45) is 0 Å². The van der Waals surface area contributed by atoms with E-state index < -0.39 is 5.97 Å². The molecule has 8 heteroatoms. The van der Waals surface area contributed by atoms with E-state index in [-0.39, 0.29) is 18.5 Å². The zero-order valence-electron chi connectivity index (χ0n) is 17.1. The van der Waals surface area contributed by atoms with Gasteiger partial charge >= 0.3 is 5.97 Å². The number of Topliss-reactive ketones (excluding diaryl/α,β-unsaturated/α-hetero) is 1. The number of hydrogen-bond donors (Lipinski definition) is 0. The first-order valence-electron chi connectivity index (χ1n) is 9.96. The molecule has 0 aliphatic carbocycles. The van der Waals surface area contributed by atoms with Crippen LogP contribution in [0.2, 0.25) is 0 Å². The number of ketones is 1. The van der Waals surface area contributed by atoms with Crippen LogP contribution in [0.3, 0.4) is 0 Å². The standard InChI is InChI=1S/C22H24N4O4/c1-15-10-20(16(2)25(15)11-19-4-3-9-29-19)21(27)12-30-22(28)17-5-7-18(8-6-17)26-14-23-13-24-26/h5-8,10,13-14,19H,3-4,9,11-12H2,1-2H3/t19-/m1/s1. The molecule has 1 aliphatic heterocycles. The smallest absolute Gasteiger partial charge is 0.338 e. The van der Waals surface area contributed by atoms with Crippen LogP contribution in [0.4, 0.5) is 0 Å². The summed E-state index contributed by atoms with van der Waals surface area (Å²) in [6.45, 7) is 5.13. The van der Waals surface area contributed by atoms with E-state index in [9.17, 15) is 9.59 Å². The summed E-state index contributed by atoms with van der Waals surface area (Å²) >= 11 is 0. The number of carbonyl (C=O) groups is 2. The Labute approximate surface area is 174 Å². The van der Waals surface area contributed by atoms with Gasteiger partial charge in [-0.25, -0.2) is 14.5 Å². The highest BCUT2D eigenvalue weighted by molar-refractivity contribution is 6.00. The number of nitrogens with zero attached hydrogens (tertiary/aromatic N) is 4. The predicted molar refractivity (Wildman–Crippen MR) is 109 cm³/mol. The van der Waals surface area contributed by atoms with Gasteiger partial charge in [0, 0.05) is 30.1 Å². The van der Waals surface area contributed by atoms with Crippen LogP contribution < -0.4 is 0 Å². The first kappa shape index (κ1) is 20.0. The molecule has 1 saturated heterocycles. The summed E-state index contributed by atoms with van der Waals surface area (Å²) in [6.07, 6.45) is 5.31. The molecule has 2 aromatic heterocycles. The van der Waals surface area contributed by atoms with Crippen molar-refractivity contribution in [1.82, 2.24) is 19.3 Å². The second-order valence-electron chi connectivity index (χ2n) is 7.42. The monoisotopic (exact) mass is 408 g/mol. The Balaban J connectivity index is 1.37. The molecule has 1 atom stereocenters. The first-order valence-corrected chi connectivity index (χ1v) is 9.96. The summed E-state index contributed by atoms with van der Waals surface area (Å²) in [5.41, 5.74) is 3.61. The molecule has 156 valence electrons. The lowest BCUT2D eigenvalue weighted by molar-refractivity contribution is 0.0474. The molecular weight excluding hydrogens is 384 g/mol. The third-order valence-electron chi connectivity index (χ3n) is 5.40. The van der Waals surface area contributed by atoms with E-state index in [2.05, 4.69) is 14.6 Å². The maximum atomic E-state index is 12.7. The van der Waals surface area contributed by atoms with Crippen LogP contribution in [0, 0.1) is 13.8 Å². The Morgan fingerprint density at radius 2 is 2.03 bits per heavy atom. The molecule has 3 heterocycles. The number of ether oxygens (including phenoxy) is 2. The average Bonchev–Trinajstić information content (AvgIpc) is 3.51. The van der Waals surface area contributed by atoms with Gasteiger partial charge in [-0.2, -0.15) is 5.10 Å². The van der Waals surface area contributed by atoms with Gasteiger partial charge in [0.1, 0.15) is 12.7 Å². The van der Waals surface area contributed by atoms with Gasteiger partial charge in [-0.3, -0.25) is 4.79 Å². The zero-order valence-corrected chi connectivity index (χ0v) is 17.1. The molecule has 8 nitrogen and oxygen atoms in total. The second kappa shape index (κ2) is 8.62. The van der Waals surface area contributed by atoms with E-state index in [4.69, 9.17) is 9.47 Å².